The van der Waals surface area contributed by atoms with Gasteiger partial charge < -0.3 is 14.5 Å². The molecule has 32 heavy (non-hydrogen) atoms. The summed E-state index contributed by atoms with van der Waals surface area (Å²) in [7, 11) is 0. The first-order valence-corrected chi connectivity index (χ1v) is 12.3. The zero-order chi connectivity index (χ0) is 22.3. The number of ether oxygens (including phenoxy) is 1. The maximum Gasteiger partial charge on any atom is 0.264 e. The number of benzene rings is 1. The van der Waals surface area contributed by atoms with Crippen molar-refractivity contribution in [2.24, 2.45) is 0 Å². The van der Waals surface area contributed by atoms with Crippen molar-refractivity contribution in [2.45, 2.75) is 0 Å². The molecule has 2 aliphatic heterocycles. The molecule has 0 bridgehead atoms. The Kier molecular flexibility index (Phi) is 8.02. The second-order valence-electron chi connectivity index (χ2n) is 8.07. The maximum atomic E-state index is 12.7. The molecule has 4 rings (SSSR count). The predicted octanol–water partition coefficient (Wildman–Crippen LogP) is 2.38. The van der Waals surface area contributed by atoms with Crippen LogP contribution in [0.3, 0.4) is 0 Å². The molecule has 9 heteroatoms. The molecular weight excluding hydrogens is 448 g/mol. The molecule has 0 spiro atoms. The fourth-order valence-corrected chi connectivity index (χ4v) is 4.82. The molecule has 2 amide bonds. The van der Waals surface area contributed by atoms with E-state index in [1.807, 2.05) is 51.6 Å². The quantitative estimate of drug-likeness (QED) is 0.614. The highest BCUT2D eigenvalue weighted by atomic mass is 35.5. The second-order valence-corrected chi connectivity index (χ2v) is 9.45. The molecule has 1 aromatic heterocycles. The van der Waals surface area contributed by atoms with Crippen molar-refractivity contribution in [3.05, 3.63) is 51.7 Å². The average molecular weight is 477 g/mol. The third-order valence-corrected chi connectivity index (χ3v) is 7.08. The predicted molar refractivity (Wildman–Crippen MR) is 127 cm³/mol. The first-order valence-electron chi connectivity index (χ1n) is 11.0. The van der Waals surface area contributed by atoms with Gasteiger partial charge in [0.15, 0.2) is 0 Å². The van der Waals surface area contributed by atoms with E-state index in [4.69, 9.17) is 16.3 Å². The first kappa shape index (κ1) is 23.0. The van der Waals surface area contributed by atoms with Gasteiger partial charge in [-0.2, -0.15) is 0 Å². The minimum Gasteiger partial charge on any atom is -0.492 e. The summed E-state index contributed by atoms with van der Waals surface area (Å²) in [6.45, 7) is 7.99. The van der Waals surface area contributed by atoms with Crippen LogP contribution in [0.1, 0.15) is 9.67 Å². The Hall–Kier alpha value is -2.13. The Labute approximate surface area is 198 Å². The number of thiophene rings is 1. The second kappa shape index (κ2) is 11.1. The van der Waals surface area contributed by atoms with Crippen LogP contribution in [-0.4, -0.2) is 103 Å². The number of rotatable bonds is 7. The van der Waals surface area contributed by atoms with Crippen LogP contribution in [0.4, 0.5) is 0 Å². The number of nitrogens with zero attached hydrogens (tertiary/aromatic N) is 4. The number of hydrogen-bond acceptors (Lipinski definition) is 6. The first-order chi connectivity index (χ1) is 15.6. The van der Waals surface area contributed by atoms with Crippen LogP contribution in [0.25, 0.3) is 0 Å². The molecule has 0 aliphatic carbocycles. The van der Waals surface area contributed by atoms with Gasteiger partial charge in [0.1, 0.15) is 12.4 Å². The molecule has 2 aliphatic rings. The number of halogens is 1. The van der Waals surface area contributed by atoms with Gasteiger partial charge >= 0.3 is 0 Å². The van der Waals surface area contributed by atoms with Gasteiger partial charge in [0.2, 0.25) is 5.91 Å². The van der Waals surface area contributed by atoms with Crippen LogP contribution in [0.5, 0.6) is 5.75 Å². The minimum absolute atomic E-state index is 0.0725. The smallest absolute Gasteiger partial charge is 0.264 e. The summed E-state index contributed by atoms with van der Waals surface area (Å²) in [6.07, 6.45) is 0. The van der Waals surface area contributed by atoms with E-state index in [1.54, 1.807) is 0 Å². The van der Waals surface area contributed by atoms with Crippen molar-refractivity contribution in [3.63, 3.8) is 0 Å². The Morgan fingerprint density at radius 1 is 0.875 bits per heavy atom. The van der Waals surface area contributed by atoms with Crippen molar-refractivity contribution in [1.29, 1.82) is 0 Å². The molecule has 3 heterocycles. The summed E-state index contributed by atoms with van der Waals surface area (Å²) < 4.78 is 5.78. The molecular formula is C23H29ClN4O3S. The largest absolute Gasteiger partial charge is 0.492 e. The summed E-state index contributed by atoms with van der Waals surface area (Å²) in [5.74, 6) is 1.06. The van der Waals surface area contributed by atoms with E-state index in [1.165, 1.54) is 11.3 Å². The minimum atomic E-state index is 0.0725. The Balaban J connectivity index is 1.12. The third-order valence-electron chi connectivity index (χ3n) is 5.97. The standard InChI is InChI=1S/C23H29ClN4O3S/c24-19-3-5-20(6-4-19)31-16-15-25-7-9-26(10-8-25)18-22(29)27-11-13-28(14-12-27)23(30)21-2-1-17-32-21/h1-6,17H,7-16,18H2. The highest BCUT2D eigenvalue weighted by Crippen LogP contribution is 2.16. The van der Waals surface area contributed by atoms with Gasteiger partial charge in [-0.3, -0.25) is 19.4 Å². The third kappa shape index (κ3) is 6.22. The van der Waals surface area contributed by atoms with Gasteiger partial charge in [0.25, 0.3) is 5.91 Å². The molecule has 2 fully saturated rings. The lowest BCUT2D eigenvalue weighted by Crippen LogP contribution is -2.54. The van der Waals surface area contributed by atoms with E-state index < -0.39 is 0 Å². The van der Waals surface area contributed by atoms with Gasteiger partial charge in [-0.25, -0.2) is 0 Å². The van der Waals surface area contributed by atoms with Crippen LogP contribution in [-0.2, 0) is 4.79 Å². The number of piperazine rings is 2. The van der Waals surface area contributed by atoms with E-state index in [0.29, 0.717) is 44.4 Å². The monoisotopic (exact) mass is 476 g/mol. The molecule has 0 unspecified atom stereocenters. The van der Waals surface area contributed by atoms with E-state index in [9.17, 15) is 9.59 Å². The molecule has 2 aromatic rings. The SMILES string of the molecule is O=C(CN1CCN(CCOc2ccc(Cl)cc2)CC1)N1CCN(C(=O)c2cccs2)CC1. The van der Waals surface area contributed by atoms with Crippen LogP contribution in [0.2, 0.25) is 5.02 Å². The topological polar surface area (TPSA) is 56.3 Å². The Morgan fingerprint density at radius 2 is 1.53 bits per heavy atom. The lowest BCUT2D eigenvalue weighted by atomic mass is 10.2. The van der Waals surface area contributed by atoms with Crippen molar-refractivity contribution in [3.8, 4) is 5.75 Å². The Bertz CT molecular complexity index is 877. The maximum absolute atomic E-state index is 12.7. The van der Waals surface area contributed by atoms with Crippen molar-refractivity contribution < 1.29 is 14.3 Å². The van der Waals surface area contributed by atoms with Gasteiger partial charge in [-0.05, 0) is 35.7 Å². The van der Waals surface area contributed by atoms with Crippen LogP contribution >= 0.6 is 22.9 Å². The highest BCUT2D eigenvalue weighted by molar-refractivity contribution is 7.12. The molecule has 0 N–H and O–H groups in total. The molecule has 0 saturated carbocycles. The highest BCUT2D eigenvalue weighted by Gasteiger charge is 2.27. The molecule has 7 nitrogen and oxygen atoms in total. The van der Waals surface area contributed by atoms with Gasteiger partial charge in [0.05, 0.1) is 11.4 Å². The van der Waals surface area contributed by atoms with Crippen molar-refractivity contribution >= 4 is 34.8 Å². The normalized spacial score (nSPS) is 18.0. The average Bonchev–Trinajstić information content (AvgIpc) is 3.36. The summed E-state index contributed by atoms with van der Waals surface area (Å²) >= 11 is 7.36. The lowest BCUT2D eigenvalue weighted by molar-refractivity contribution is -0.134. The van der Waals surface area contributed by atoms with Crippen molar-refractivity contribution in [1.82, 2.24) is 19.6 Å². The molecule has 0 atom stereocenters. The van der Waals surface area contributed by atoms with Crippen molar-refractivity contribution in [2.75, 3.05) is 72.1 Å². The molecule has 0 radical (unpaired) electrons. The number of amides is 2. The van der Waals surface area contributed by atoms with E-state index in [-0.39, 0.29) is 11.8 Å². The zero-order valence-electron chi connectivity index (χ0n) is 18.1. The van der Waals surface area contributed by atoms with Crippen LogP contribution in [0, 0.1) is 0 Å². The van der Waals surface area contributed by atoms with E-state index >= 15 is 0 Å². The summed E-state index contributed by atoms with van der Waals surface area (Å²) in [4.78, 5) is 34.3. The fraction of sp³-hybridized carbons (Fsp3) is 0.478. The van der Waals surface area contributed by atoms with Crippen LogP contribution < -0.4 is 4.74 Å². The number of carbonyl (C=O) groups is 2. The van der Waals surface area contributed by atoms with Crippen LogP contribution in [0.15, 0.2) is 41.8 Å². The Morgan fingerprint density at radius 3 is 2.19 bits per heavy atom. The van der Waals surface area contributed by atoms with Gasteiger partial charge in [0, 0.05) is 63.9 Å². The zero-order valence-corrected chi connectivity index (χ0v) is 19.7. The molecule has 172 valence electrons. The lowest BCUT2D eigenvalue weighted by Gasteiger charge is -2.37. The summed E-state index contributed by atoms with van der Waals surface area (Å²) in [5.41, 5.74) is 0. The fourth-order valence-electron chi connectivity index (χ4n) is 4.00. The molecule has 2 saturated heterocycles. The summed E-state index contributed by atoms with van der Waals surface area (Å²) in [6, 6.07) is 11.2. The van der Waals surface area contributed by atoms with E-state index in [2.05, 4.69) is 9.80 Å². The van der Waals surface area contributed by atoms with E-state index in [0.717, 1.165) is 43.4 Å². The number of hydrogen-bond donors (Lipinski definition) is 0. The van der Waals surface area contributed by atoms with Gasteiger partial charge in [-0.15, -0.1) is 11.3 Å². The van der Waals surface area contributed by atoms with Gasteiger partial charge in [-0.1, -0.05) is 17.7 Å². The summed E-state index contributed by atoms with van der Waals surface area (Å²) in [5, 5.41) is 2.62. The number of carbonyl (C=O) groups excluding carboxylic acids is 2. The molecule has 1 aromatic carbocycles.